The fourth-order valence-electron chi connectivity index (χ4n) is 3.56. The zero-order valence-electron chi connectivity index (χ0n) is 18.0. The van der Waals surface area contributed by atoms with Gasteiger partial charge in [0.15, 0.2) is 5.65 Å². The lowest BCUT2D eigenvalue weighted by Crippen LogP contribution is -2.23. The molecule has 0 unspecified atom stereocenters. The zero-order valence-corrected chi connectivity index (χ0v) is 18.8. The van der Waals surface area contributed by atoms with Gasteiger partial charge in [0.25, 0.3) is 5.91 Å². The van der Waals surface area contributed by atoms with Crippen LogP contribution in [0, 0.1) is 6.92 Å². The standard InChI is InChI=1S/C23H23N5O3S/c1-15-21-19(13-20(17-7-5-4-6-8-17)26-22(21)28(3)27-15)23(29)25-14-16-9-11-18(12-10-16)32(30,31)24-2/h4-13,24H,14H2,1-3H3,(H,25,29). The second-order valence-corrected chi connectivity index (χ2v) is 9.25. The predicted molar refractivity (Wildman–Crippen MR) is 123 cm³/mol. The van der Waals surface area contributed by atoms with Crippen molar-refractivity contribution in [1.29, 1.82) is 0 Å². The Morgan fingerprint density at radius 1 is 1.06 bits per heavy atom. The molecule has 0 aliphatic rings. The molecule has 4 rings (SSSR count). The normalized spacial score (nSPS) is 11.6. The number of sulfonamides is 1. The van der Waals surface area contributed by atoms with Crippen LogP contribution >= 0.6 is 0 Å². The van der Waals surface area contributed by atoms with Crippen molar-refractivity contribution in [2.24, 2.45) is 7.05 Å². The smallest absolute Gasteiger partial charge is 0.252 e. The summed E-state index contributed by atoms with van der Waals surface area (Å²) in [5.74, 6) is -0.252. The molecule has 0 saturated carbocycles. The fraction of sp³-hybridized carbons (Fsp3) is 0.174. The lowest BCUT2D eigenvalue weighted by Gasteiger charge is -2.10. The van der Waals surface area contributed by atoms with E-state index >= 15 is 0 Å². The van der Waals surface area contributed by atoms with E-state index in [2.05, 4.69) is 15.1 Å². The Labute approximate surface area is 186 Å². The van der Waals surface area contributed by atoms with Gasteiger partial charge in [-0.25, -0.2) is 18.1 Å². The molecule has 8 nitrogen and oxygen atoms in total. The summed E-state index contributed by atoms with van der Waals surface area (Å²) in [4.78, 5) is 18.1. The highest BCUT2D eigenvalue weighted by molar-refractivity contribution is 7.89. The van der Waals surface area contributed by atoms with Crippen LogP contribution in [0.1, 0.15) is 21.6 Å². The van der Waals surface area contributed by atoms with Crippen molar-refractivity contribution >= 4 is 27.0 Å². The molecule has 0 aliphatic carbocycles. The molecule has 0 atom stereocenters. The first-order valence-electron chi connectivity index (χ1n) is 10.0. The first-order chi connectivity index (χ1) is 15.3. The molecule has 0 aliphatic heterocycles. The van der Waals surface area contributed by atoms with Crippen LogP contribution in [-0.2, 0) is 23.6 Å². The van der Waals surface area contributed by atoms with Crippen LogP contribution < -0.4 is 10.0 Å². The van der Waals surface area contributed by atoms with E-state index in [-0.39, 0.29) is 17.3 Å². The van der Waals surface area contributed by atoms with E-state index in [1.807, 2.05) is 37.3 Å². The van der Waals surface area contributed by atoms with Crippen LogP contribution in [0.5, 0.6) is 0 Å². The number of hydrogen-bond donors (Lipinski definition) is 2. The molecule has 2 aromatic carbocycles. The van der Waals surface area contributed by atoms with Crippen LogP contribution in [0.3, 0.4) is 0 Å². The van der Waals surface area contributed by atoms with Crippen molar-refractivity contribution in [2.45, 2.75) is 18.4 Å². The molecule has 9 heteroatoms. The Balaban J connectivity index is 1.65. The van der Waals surface area contributed by atoms with Crippen LogP contribution in [0.15, 0.2) is 65.6 Å². The van der Waals surface area contributed by atoms with E-state index in [1.54, 1.807) is 29.9 Å². The highest BCUT2D eigenvalue weighted by Gasteiger charge is 2.19. The third-order valence-electron chi connectivity index (χ3n) is 5.24. The van der Waals surface area contributed by atoms with Crippen molar-refractivity contribution in [3.8, 4) is 11.3 Å². The molecule has 2 N–H and O–H groups in total. The number of nitrogens with one attached hydrogen (secondary N) is 2. The molecule has 0 radical (unpaired) electrons. The van der Waals surface area contributed by atoms with Gasteiger partial charge in [-0.05, 0) is 37.7 Å². The summed E-state index contributed by atoms with van der Waals surface area (Å²) in [7, 11) is -0.331. The van der Waals surface area contributed by atoms with Gasteiger partial charge in [0.1, 0.15) is 0 Å². The second-order valence-electron chi connectivity index (χ2n) is 7.36. The van der Waals surface area contributed by atoms with Crippen molar-refractivity contribution in [3.63, 3.8) is 0 Å². The number of benzene rings is 2. The number of fused-ring (bicyclic) bond motifs is 1. The van der Waals surface area contributed by atoms with Crippen molar-refractivity contribution in [3.05, 3.63) is 77.5 Å². The van der Waals surface area contributed by atoms with Crippen molar-refractivity contribution in [1.82, 2.24) is 24.8 Å². The number of nitrogens with zero attached hydrogens (tertiary/aromatic N) is 3. The average Bonchev–Trinajstić information content (AvgIpc) is 3.11. The fourth-order valence-corrected chi connectivity index (χ4v) is 4.29. The number of hydrogen-bond acceptors (Lipinski definition) is 5. The molecular weight excluding hydrogens is 426 g/mol. The maximum absolute atomic E-state index is 13.2. The molecule has 32 heavy (non-hydrogen) atoms. The summed E-state index contributed by atoms with van der Waals surface area (Å²) >= 11 is 0. The monoisotopic (exact) mass is 449 g/mol. The Bertz CT molecular complexity index is 1400. The van der Waals surface area contributed by atoms with Gasteiger partial charge in [0.2, 0.25) is 10.0 Å². The Morgan fingerprint density at radius 2 is 1.75 bits per heavy atom. The number of aromatic nitrogens is 3. The van der Waals surface area contributed by atoms with Crippen molar-refractivity contribution < 1.29 is 13.2 Å². The van der Waals surface area contributed by atoms with E-state index in [0.29, 0.717) is 22.3 Å². The summed E-state index contributed by atoms with van der Waals surface area (Å²) in [6.45, 7) is 2.10. The molecule has 164 valence electrons. The zero-order chi connectivity index (χ0) is 22.9. The second kappa shape index (κ2) is 8.52. The summed E-state index contributed by atoms with van der Waals surface area (Å²) in [6, 6.07) is 17.8. The molecule has 1 amide bonds. The van der Waals surface area contributed by atoms with Gasteiger partial charge in [0.05, 0.1) is 27.2 Å². The van der Waals surface area contributed by atoms with Crippen LogP contribution in [0.25, 0.3) is 22.3 Å². The lowest BCUT2D eigenvalue weighted by atomic mass is 10.0. The van der Waals surface area contributed by atoms with Gasteiger partial charge < -0.3 is 5.32 Å². The third kappa shape index (κ3) is 4.12. The minimum absolute atomic E-state index is 0.171. The maximum Gasteiger partial charge on any atom is 0.252 e. The predicted octanol–water partition coefficient (Wildman–Crippen LogP) is 2.78. The largest absolute Gasteiger partial charge is 0.348 e. The van der Waals surface area contributed by atoms with Crippen LogP contribution in [0.4, 0.5) is 0 Å². The van der Waals surface area contributed by atoms with Crippen molar-refractivity contribution in [2.75, 3.05) is 7.05 Å². The van der Waals surface area contributed by atoms with Gasteiger partial charge in [-0.1, -0.05) is 42.5 Å². The molecule has 0 fully saturated rings. The Morgan fingerprint density at radius 3 is 2.41 bits per heavy atom. The molecule has 0 bridgehead atoms. The van der Waals surface area contributed by atoms with E-state index in [1.165, 1.54) is 19.2 Å². The number of carbonyl (C=O) groups excluding carboxylic acids is 1. The highest BCUT2D eigenvalue weighted by Crippen LogP contribution is 2.26. The number of pyridine rings is 1. The van der Waals surface area contributed by atoms with Gasteiger partial charge in [-0.2, -0.15) is 5.10 Å². The van der Waals surface area contributed by atoms with E-state index in [0.717, 1.165) is 16.8 Å². The topological polar surface area (TPSA) is 106 Å². The minimum Gasteiger partial charge on any atom is -0.348 e. The van der Waals surface area contributed by atoms with E-state index in [4.69, 9.17) is 4.98 Å². The SMILES string of the molecule is CNS(=O)(=O)c1ccc(CNC(=O)c2cc(-c3ccccc3)nc3c2c(C)nn3C)cc1. The Hall–Kier alpha value is -3.56. The lowest BCUT2D eigenvalue weighted by molar-refractivity contribution is 0.0952. The number of carbonyl (C=O) groups is 1. The molecule has 2 heterocycles. The summed E-state index contributed by atoms with van der Waals surface area (Å²) in [6.07, 6.45) is 0. The maximum atomic E-state index is 13.2. The quantitative estimate of drug-likeness (QED) is 0.471. The van der Waals surface area contributed by atoms with Gasteiger partial charge in [-0.15, -0.1) is 0 Å². The molecule has 2 aromatic heterocycles. The summed E-state index contributed by atoms with van der Waals surface area (Å²) < 4.78 is 27.7. The number of aryl methyl sites for hydroxylation is 2. The molecule has 0 saturated heterocycles. The first kappa shape index (κ1) is 21.7. The Kier molecular flexibility index (Phi) is 5.77. The summed E-state index contributed by atoms with van der Waals surface area (Å²) in [5.41, 5.74) is 4.23. The molecule has 4 aromatic rings. The van der Waals surface area contributed by atoms with Crippen LogP contribution in [-0.4, -0.2) is 36.1 Å². The van der Waals surface area contributed by atoms with Gasteiger partial charge in [0, 0.05) is 19.2 Å². The van der Waals surface area contributed by atoms with Gasteiger partial charge in [-0.3, -0.25) is 9.48 Å². The molecule has 0 spiro atoms. The average molecular weight is 450 g/mol. The van der Waals surface area contributed by atoms with Crippen LogP contribution in [0.2, 0.25) is 0 Å². The summed E-state index contributed by atoms with van der Waals surface area (Å²) in [5, 5.41) is 8.07. The number of amides is 1. The third-order valence-corrected chi connectivity index (χ3v) is 6.67. The van der Waals surface area contributed by atoms with E-state index in [9.17, 15) is 13.2 Å². The van der Waals surface area contributed by atoms with Gasteiger partial charge >= 0.3 is 0 Å². The number of rotatable bonds is 6. The molecular formula is C23H23N5O3S. The highest BCUT2D eigenvalue weighted by atomic mass is 32.2. The first-order valence-corrected chi connectivity index (χ1v) is 11.5. The minimum atomic E-state index is -3.50. The van der Waals surface area contributed by atoms with E-state index < -0.39 is 10.0 Å².